The second-order valence-electron chi connectivity index (χ2n) is 4.17. The van der Waals surface area contributed by atoms with E-state index < -0.39 is 11.6 Å². The smallest absolute Gasteiger partial charge is 0.359 e. The van der Waals surface area contributed by atoms with Crippen LogP contribution >= 0.6 is 0 Å². The van der Waals surface area contributed by atoms with E-state index in [4.69, 9.17) is 9.47 Å². The van der Waals surface area contributed by atoms with Crippen molar-refractivity contribution in [2.45, 2.75) is 33.3 Å². The molecule has 1 heterocycles. The van der Waals surface area contributed by atoms with Crippen molar-refractivity contribution in [1.82, 2.24) is 9.97 Å². The Bertz CT molecular complexity index is 354. The second-order valence-corrected chi connectivity index (χ2v) is 4.17. The SMILES string of the molecule is CCOc1cnc(C(=O)OC(C)(C)C)cn1. The van der Waals surface area contributed by atoms with Gasteiger partial charge in [-0.25, -0.2) is 14.8 Å². The molecule has 0 saturated heterocycles. The fraction of sp³-hybridized carbons (Fsp3) is 0.545. The third-order valence-electron chi connectivity index (χ3n) is 1.53. The number of hydrogen-bond donors (Lipinski definition) is 0. The minimum atomic E-state index is -0.530. The summed E-state index contributed by atoms with van der Waals surface area (Å²) in [6, 6.07) is 0. The van der Waals surface area contributed by atoms with E-state index in [1.807, 2.05) is 6.92 Å². The van der Waals surface area contributed by atoms with E-state index in [0.717, 1.165) is 0 Å². The maximum absolute atomic E-state index is 11.6. The van der Waals surface area contributed by atoms with Gasteiger partial charge < -0.3 is 9.47 Å². The summed E-state index contributed by atoms with van der Waals surface area (Å²) in [5.41, 5.74) is -0.351. The van der Waals surface area contributed by atoms with Crippen molar-refractivity contribution in [3.8, 4) is 5.88 Å². The normalized spacial score (nSPS) is 11.0. The van der Waals surface area contributed by atoms with Gasteiger partial charge in [0, 0.05) is 0 Å². The average Bonchev–Trinajstić information content (AvgIpc) is 2.16. The quantitative estimate of drug-likeness (QED) is 0.733. The lowest BCUT2D eigenvalue weighted by Crippen LogP contribution is -2.24. The topological polar surface area (TPSA) is 61.3 Å². The summed E-state index contributed by atoms with van der Waals surface area (Å²) in [6.07, 6.45) is 2.75. The lowest BCUT2D eigenvalue weighted by Gasteiger charge is -2.18. The van der Waals surface area contributed by atoms with Crippen LogP contribution in [0.5, 0.6) is 5.88 Å². The van der Waals surface area contributed by atoms with Crippen molar-refractivity contribution >= 4 is 5.97 Å². The molecule has 0 bridgehead atoms. The Morgan fingerprint density at radius 2 is 2.00 bits per heavy atom. The monoisotopic (exact) mass is 224 g/mol. The highest BCUT2D eigenvalue weighted by atomic mass is 16.6. The van der Waals surface area contributed by atoms with Crippen LogP contribution in [-0.2, 0) is 4.74 Å². The van der Waals surface area contributed by atoms with E-state index in [2.05, 4.69) is 9.97 Å². The van der Waals surface area contributed by atoms with E-state index >= 15 is 0 Å². The summed E-state index contributed by atoms with van der Waals surface area (Å²) in [7, 11) is 0. The van der Waals surface area contributed by atoms with Crippen LogP contribution in [0.3, 0.4) is 0 Å². The van der Waals surface area contributed by atoms with Crippen LogP contribution in [0.2, 0.25) is 0 Å². The Kier molecular flexibility index (Phi) is 3.82. The summed E-state index contributed by atoms with van der Waals surface area (Å²) in [4.78, 5) is 19.4. The highest BCUT2D eigenvalue weighted by Crippen LogP contribution is 2.11. The van der Waals surface area contributed by atoms with Crippen LogP contribution in [0.1, 0.15) is 38.2 Å². The van der Waals surface area contributed by atoms with Crippen molar-refractivity contribution in [2.75, 3.05) is 6.61 Å². The first-order valence-corrected chi connectivity index (χ1v) is 5.10. The van der Waals surface area contributed by atoms with Crippen LogP contribution in [0.4, 0.5) is 0 Å². The predicted octanol–water partition coefficient (Wildman–Crippen LogP) is 1.83. The summed E-state index contributed by atoms with van der Waals surface area (Å²) in [5.74, 6) is -0.0853. The minimum absolute atomic E-state index is 0.179. The van der Waals surface area contributed by atoms with E-state index in [1.54, 1.807) is 20.8 Å². The van der Waals surface area contributed by atoms with Gasteiger partial charge in [0.15, 0.2) is 5.69 Å². The molecule has 0 fully saturated rings. The number of carbonyl (C=O) groups is 1. The molecule has 0 N–H and O–H groups in total. The van der Waals surface area contributed by atoms with Gasteiger partial charge in [-0.15, -0.1) is 0 Å². The minimum Gasteiger partial charge on any atom is -0.477 e. The predicted molar refractivity (Wildman–Crippen MR) is 58.4 cm³/mol. The molecular weight excluding hydrogens is 208 g/mol. The molecule has 0 aliphatic heterocycles. The Balaban J connectivity index is 2.70. The number of carbonyl (C=O) groups excluding carboxylic acids is 1. The average molecular weight is 224 g/mol. The second kappa shape index (κ2) is 4.92. The van der Waals surface area contributed by atoms with E-state index in [-0.39, 0.29) is 5.69 Å². The molecule has 1 aromatic rings. The van der Waals surface area contributed by atoms with Gasteiger partial charge in [-0.1, -0.05) is 0 Å². The Morgan fingerprint density at radius 3 is 2.44 bits per heavy atom. The molecule has 5 nitrogen and oxygen atoms in total. The third-order valence-corrected chi connectivity index (χ3v) is 1.53. The molecule has 88 valence electrons. The summed E-state index contributed by atoms with van der Waals surface area (Å²) in [5, 5.41) is 0. The van der Waals surface area contributed by atoms with Crippen LogP contribution in [0, 0.1) is 0 Å². The molecule has 16 heavy (non-hydrogen) atoms. The first-order valence-electron chi connectivity index (χ1n) is 5.10. The molecule has 0 atom stereocenters. The lowest BCUT2D eigenvalue weighted by molar-refractivity contribution is 0.00622. The maximum atomic E-state index is 11.6. The number of aromatic nitrogens is 2. The molecule has 0 saturated carbocycles. The largest absolute Gasteiger partial charge is 0.477 e. The summed E-state index contributed by atoms with van der Waals surface area (Å²) in [6.45, 7) is 7.76. The number of nitrogens with zero attached hydrogens (tertiary/aromatic N) is 2. The van der Waals surface area contributed by atoms with Crippen molar-refractivity contribution in [1.29, 1.82) is 0 Å². The molecule has 0 spiro atoms. The number of hydrogen-bond acceptors (Lipinski definition) is 5. The van der Waals surface area contributed by atoms with Gasteiger partial charge >= 0.3 is 5.97 Å². The number of rotatable bonds is 3. The third kappa shape index (κ3) is 3.84. The molecule has 0 unspecified atom stereocenters. The number of ether oxygens (including phenoxy) is 2. The lowest BCUT2D eigenvalue weighted by atomic mass is 10.2. The molecular formula is C11H16N2O3. The van der Waals surface area contributed by atoms with Gasteiger partial charge in [0.2, 0.25) is 5.88 Å². The van der Waals surface area contributed by atoms with Gasteiger partial charge in [-0.05, 0) is 27.7 Å². The van der Waals surface area contributed by atoms with Gasteiger partial charge in [0.05, 0.1) is 19.0 Å². The van der Waals surface area contributed by atoms with Gasteiger partial charge in [-0.2, -0.15) is 0 Å². The molecule has 0 aliphatic rings. The Morgan fingerprint density at radius 1 is 1.31 bits per heavy atom. The molecule has 0 amide bonds. The number of esters is 1. The fourth-order valence-electron chi connectivity index (χ4n) is 0.974. The molecule has 5 heteroatoms. The molecule has 0 radical (unpaired) electrons. The Labute approximate surface area is 94.8 Å². The molecule has 1 rings (SSSR count). The first-order chi connectivity index (χ1) is 7.42. The van der Waals surface area contributed by atoms with Gasteiger partial charge in [0.25, 0.3) is 0 Å². The highest BCUT2D eigenvalue weighted by Gasteiger charge is 2.19. The van der Waals surface area contributed by atoms with Crippen LogP contribution < -0.4 is 4.74 Å². The Hall–Kier alpha value is -1.65. The van der Waals surface area contributed by atoms with Crippen molar-refractivity contribution in [2.24, 2.45) is 0 Å². The van der Waals surface area contributed by atoms with E-state index in [1.165, 1.54) is 12.4 Å². The van der Waals surface area contributed by atoms with Crippen molar-refractivity contribution < 1.29 is 14.3 Å². The zero-order chi connectivity index (χ0) is 12.2. The zero-order valence-corrected chi connectivity index (χ0v) is 9.98. The summed E-state index contributed by atoms with van der Waals surface area (Å²) < 4.78 is 10.3. The first kappa shape index (κ1) is 12.4. The van der Waals surface area contributed by atoms with Gasteiger partial charge in [-0.3, -0.25) is 0 Å². The van der Waals surface area contributed by atoms with Crippen LogP contribution in [-0.4, -0.2) is 28.1 Å². The summed E-state index contributed by atoms with van der Waals surface area (Å²) >= 11 is 0. The fourth-order valence-corrected chi connectivity index (χ4v) is 0.974. The van der Waals surface area contributed by atoms with Crippen LogP contribution in [0.25, 0.3) is 0 Å². The molecule has 0 aromatic carbocycles. The van der Waals surface area contributed by atoms with Crippen molar-refractivity contribution in [3.05, 3.63) is 18.1 Å². The van der Waals surface area contributed by atoms with Crippen molar-refractivity contribution in [3.63, 3.8) is 0 Å². The standard InChI is InChI=1S/C11H16N2O3/c1-5-15-9-7-12-8(6-13-9)10(14)16-11(2,3)4/h6-7H,5H2,1-4H3. The van der Waals surface area contributed by atoms with E-state index in [0.29, 0.717) is 12.5 Å². The molecule has 1 aromatic heterocycles. The molecule has 0 aliphatic carbocycles. The zero-order valence-electron chi connectivity index (χ0n) is 9.98. The maximum Gasteiger partial charge on any atom is 0.359 e. The van der Waals surface area contributed by atoms with Gasteiger partial charge in [0.1, 0.15) is 5.60 Å². The highest BCUT2D eigenvalue weighted by molar-refractivity contribution is 5.87. The van der Waals surface area contributed by atoms with Crippen LogP contribution in [0.15, 0.2) is 12.4 Å². The van der Waals surface area contributed by atoms with E-state index in [9.17, 15) is 4.79 Å².